The van der Waals surface area contributed by atoms with Gasteiger partial charge < -0.3 is 10.1 Å². The molecule has 1 heterocycles. The van der Waals surface area contributed by atoms with Crippen molar-refractivity contribution in [2.75, 3.05) is 11.9 Å². The fourth-order valence-corrected chi connectivity index (χ4v) is 2.35. The van der Waals surface area contributed by atoms with E-state index in [-0.39, 0.29) is 5.91 Å². The minimum atomic E-state index is -0.206. The molecular weight excluding hydrogens is 298 g/mol. The van der Waals surface area contributed by atoms with Crippen LogP contribution >= 0.6 is 11.6 Å². The molecule has 4 heteroatoms. The standard InChI is InChI=1S/C18H14ClNO2/c19-15-5-3-6-16(11-15)20-18(21)9-8-13-10-14-4-1-2-7-17(14)22-12-13/h1-11H,12H2,(H,20,21). The average molecular weight is 312 g/mol. The Morgan fingerprint density at radius 1 is 1.18 bits per heavy atom. The number of anilines is 1. The first-order valence-corrected chi connectivity index (χ1v) is 7.25. The molecule has 3 nitrogen and oxygen atoms in total. The Labute approximate surface area is 133 Å². The molecular formula is C18H14ClNO2. The summed E-state index contributed by atoms with van der Waals surface area (Å²) >= 11 is 5.88. The van der Waals surface area contributed by atoms with E-state index in [2.05, 4.69) is 5.32 Å². The van der Waals surface area contributed by atoms with Crippen molar-refractivity contribution < 1.29 is 9.53 Å². The van der Waals surface area contributed by atoms with Crippen molar-refractivity contribution in [3.8, 4) is 5.75 Å². The molecule has 0 fully saturated rings. The summed E-state index contributed by atoms with van der Waals surface area (Å²) in [5.41, 5.74) is 2.63. The SMILES string of the molecule is O=C(C=CC1=Cc2ccccc2OC1)Nc1cccc(Cl)c1. The molecule has 0 radical (unpaired) electrons. The third-order valence-electron chi connectivity index (χ3n) is 3.20. The Bertz CT molecular complexity index is 765. The summed E-state index contributed by atoms with van der Waals surface area (Å²) in [5.74, 6) is 0.657. The minimum Gasteiger partial charge on any atom is -0.488 e. The first kappa shape index (κ1) is 14.4. The van der Waals surface area contributed by atoms with Gasteiger partial charge in [-0.2, -0.15) is 0 Å². The highest BCUT2D eigenvalue weighted by Gasteiger charge is 2.08. The number of nitrogens with one attached hydrogen (secondary N) is 1. The molecule has 1 aliphatic rings. The predicted molar refractivity (Wildman–Crippen MR) is 89.1 cm³/mol. The second kappa shape index (κ2) is 6.50. The Kier molecular flexibility index (Phi) is 4.26. The molecule has 0 atom stereocenters. The number of benzene rings is 2. The van der Waals surface area contributed by atoms with E-state index in [0.29, 0.717) is 17.3 Å². The quantitative estimate of drug-likeness (QED) is 0.858. The number of hydrogen-bond acceptors (Lipinski definition) is 2. The Balaban J connectivity index is 1.67. The number of halogens is 1. The highest BCUT2D eigenvalue weighted by molar-refractivity contribution is 6.30. The van der Waals surface area contributed by atoms with Crippen molar-refractivity contribution >= 4 is 29.3 Å². The molecule has 1 amide bonds. The summed E-state index contributed by atoms with van der Waals surface area (Å²) in [6.07, 6.45) is 5.27. The van der Waals surface area contributed by atoms with Crippen LogP contribution in [-0.2, 0) is 4.79 Å². The van der Waals surface area contributed by atoms with Crippen molar-refractivity contribution in [3.63, 3.8) is 0 Å². The van der Waals surface area contributed by atoms with E-state index in [0.717, 1.165) is 16.9 Å². The van der Waals surface area contributed by atoms with Crippen LogP contribution in [0.25, 0.3) is 6.08 Å². The fraction of sp³-hybridized carbons (Fsp3) is 0.0556. The van der Waals surface area contributed by atoms with E-state index in [4.69, 9.17) is 16.3 Å². The number of hydrogen-bond donors (Lipinski definition) is 1. The molecule has 0 saturated heterocycles. The van der Waals surface area contributed by atoms with Crippen molar-refractivity contribution in [2.45, 2.75) is 0 Å². The highest BCUT2D eigenvalue weighted by atomic mass is 35.5. The lowest BCUT2D eigenvalue weighted by Gasteiger charge is -2.15. The van der Waals surface area contributed by atoms with Gasteiger partial charge in [0.05, 0.1) is 0 Å². The molecule has 0 unspecified atom stereocenters. The summed E-state index contributed by atoms with van der Waals surface area (Å²) in [6, 6.07) is 14.8. The third-order valence-corrected chi connectivity index (χ3v) is 3.43. The zero-order valence-corrected chi connectivity index (χ0v) is 12.5. The molecule has 1 aliphatic heterocycles. The molecule has 110 valence electrons. The molecule has 0 spiro atoms. The normalized spacial score (nSPS) is 13.2. The van der Waals surface area contributed by atoms with E-state index in [1.54, 1.807) is 30.3 Å². The summed E-state index contributed by atoms with van der Waals surface area (Å²) < 4.78 is 5.63. The van der Waals surface area contributed by atoms with Gasteiger partial charge in [-0.15, -0.1) is 0 Å². The molecule has 2 aromatic rings. The maximum atomic E-state index is 11.9. The number of carbonyl (C=O) groups excluding carboxylic acids is 1. The van der Waals surface area contributed by atoms with Gasteiger partial charge in [0, 0.05) is 22.3 Å². The summed E-state index contributed by atoms with van der Waals surface area (Å²) in [6.45, 7) is 0.456. The van der Waals surface area contributed by atoms with Crippen LogP contribution in [-0.4, -0.2) is 12.5 Å². The largest absolute Gasteiger partial charge is 0.488 e. The zero-order valence-electron chi connectivity index (χ0n) is 11.8. The van der Waals surface area contributed by atoms with Crippen LogP contribution in [0, 0.1) is 0 Å². The van der Waals surface area contributed by atoms with Crippen LogP contribution in [0.4, 0.5) is 5.69 Å². The second-order valence-electron chi connectivity index (χ2n) is 4.88. The van der Waals surface area contributed by atoms with Crippen molar-refractivity contribution in [2.24, 2.45) is 0 Å². The van der Waals surface area contributed by atoms with Crippen LogP contribution in [0.3, 0.4) is 0 Å². The minimum absolute atomic E-state index is 0.206. The van der Waals surface area contributed by atoms with Crippen molar-refractivity contribution in [1.82, 2.24) is 0 Å². The first-order valence-electron chi connectivity index (χ1n) is 6.88. The summed E-state index contributed by atoms with van der Waals surface area (Å²) in [4.78, 5) is 11.9. The fourth-order valence-electron chi connectivity index (χ4n) is 2.16. The van der Waals surface area contributed by atoms with Crippen molar-refractivity contribution in [1.29, 1.82) is 0 Å². The van der Waals surface area contributed by atoms with Gasteiger partial charge in [-0.3, -0.25) is 4.79 Å². The maximum Gasteiger partial charge on any atom is 0.248 e. The van der Waals surface area contributed by atoms with Gasteiger partial charge in [-0.1, -0.05) is 41.9 Å². The molecule has 22 heavy (non-hydrogen) atoms. The molecule has 0 bridgehead atoms. The van der Waals surface area contributed by atoms with E-state index < -0.39 is 0 Å². The van der Waals surface area contributed by atoms with Crippen LogP contribution in [0.2, 0.25) is 5.02 Å². The van der Waals surface area contributed by atoms with Gasteiger partial charge >= 0.3 is 0 Å². The van der Waals surface area contributed by atoms with E-state index >= 15 is 0 Å². The number of ether oxygens (including phenoxy) is 1. The van der Waals surface area contributed by atoms with Gasteiger partial charge in [0.1, 0.15) is 12.4 Å². The molecule has 3 rings (SSSR count). The highest BCUT2D eigenvalue weighted by Crippen LogP contribution is 2.26. The van der Waals surface area contributed by atoms with Gasteiger partial charge in [-0.05, 0) is 35.9 Å². The Morgan fingerprint density at radius 2 is 2.05 bits per heavy atom. The van der Waals surface area contributed by atoms with E-state index in [1.807, 2.05) is 30.3 Å². The molecule has 2 aromatic carbocycles. The second-order valence-corrected chi connectivity index (χ2v) is 5.32. The van der Waals surface area contributed by atoms with Gasteiger partial charge in [0.15, 0.2) is 0 Å². The topological polar surface area (TPSA) is 38.3 Å². The average Bonchev–Trinajstić information content (AvgIpc) is 2.53. The number of amides is 1. The lowest BCUT2D eigenvalue weighted by Crippen LogP contribution is -2.09. The molecule has 0 saturated carbocycles. The lowest BCUT2D eigenvalue weighted by molar-refractivity contribution is -0.111. The van der Waals surface area contributed by atoms with Crippen LogP contribution in [0.1, 0.15) is 5.56 Å². The third kappa shape index (κ3) is 3.57. The van der Waals surface area contributed by atoms with Gasteiger partial charge in [0.2, 0.25) is 5.91 Å². The molecule has 1 N–H and O–H groups in total. The lowest BCUT2D eigenvalue weighted by atomic mass is 10.1. The van der Waals surface area contributed by atoms with Crippen LogP contribution in [0.15, 0.2) is 66.3 Å². The van der Waals surface area contributed by atoms with Gasteiger partial charge in [0.25, 0.3) is 0 Å². The van der Waals surface area contributed by atoms with Crippen LogP contribution in [0.5, 0.6) is 5.75 Å². The van der Waals surface area contributed by atoms with E-state index in [9.17, 15) is 4.79 Å². The first-order chi connectivity index (χ1) is 10.7. The zero-order chi connectivity index (χ0) is 15.4. The van der Waals surface area contributed by atoms with E-state index in [1.165, 1.54) is 6.08 Å². The van der Waals surface area contributed by atoms with Crippen molar-refractivity contribution in [3.05, 3.63) is 76.8 Å². The molecule has 0 aromatic heterocycles. The maximum absolute atomic E-state index is 11.9. The van der Waals surface area contributed by atoms with Gasteiger partial charge in [-0.25, -0.2) is 0 Å². The number of para-hydroxylation sites is 1. The number of rotatable bonds is 3. The summed E-state index contributed by atoms with van der Waals surface area (Å²) in [7, 11) is 0. The molecule has 0 aliphatic carbocycles. The number of carbonyl (C=O) groups is 1. The smallest absolute Gasteiger partial charge is 0.248 e. The Hall–Kier alpha value is -2.52. The Morgan fingerprint density at radius 3 is 2.91 bits per heavy atom. The van der Waals surface area contributed by atoms with Crippen LogP contribution < -0.4 is 10.1 Å². The number of fused-ring (bicyclic) bond motifs is 1. The summed E-state index contributed by atoms with van der Waals surface area (Å²) in [5, 5.41) is 3.35. The monoisotopic (exact) mass is 311 g/mol. The predicted octanol–water partition coefficient (Wildman–Crippen LogP) is 4.31.